The predicted molar refractivity (Wildman–Crippen MR) is 65.3 cm³/mol. The molecular formula is C11H23NO2S. The molecule has 4 heteroatoms. The minimum Gasteiger partial charge on any atom is -0.396 e. The molecule has 0 aromatic carbocycles. The zero-order valence-electron chi connectivity index (χ0n) is 9.61. The zero-order chi connectivity index (χ0) is 11.1. The van der Waals surface area contributed by atoms with Gasteiger partial charge in [-0.1, -0.05) is 6.92 Å². The van der Waals surface area contributed by atoms with Gasteiger partial charge in [0, 0.05) is 24.3 Å². The number of likely N-dealkylation sites (tertiary alicyclic amines) is 1. The monoisotopic (exact) mass is 233 g/mol. The van der Waals surface area contributed by atoms with Gasteiger partial charge in [-0.25, -0.2) is 0 Å². The zero-order valence-corrected chi connectivity index (χ0v) is 10.4. The van der Waals surface area contributed by atoms with Gasteiger partial charge in [0.05, 0.1) is 13.2 Å². The maximum absolute atomic E-state index is 9.34. The van der Waals surface area contributed by atoms with Crippen LogP contribution in [0.5, 0.6) is 0 Å². The Kier molecular flexibility index (Phi) is 5.97. The summed E-state index contributed by atoms with van der Waals surface area (Å²) in [6.45, 7) is 5.45. The first-order valence-corrected chi connectivity index (χ1v) is 6.93. The van der Waals surface area contributed by atoms with Crippen LogP contribution < -0.4 is 0 Å². The summed E-state index contributed by atoms with van der Waals surface area (Å²) < 4.78 is 0. The summed E-state index contributed by atoms with van der Waals surface area (Å²) in [5.41, 5.74) is -0.241. The normalized spacial score (nSPS) is 21.8. The van der Waals surface area contributed by atoms with Crippen LogP contribution in [0.4, 0.5) is 0 Å². The summed E-state index contributed by atoms with van der Waals surface area (Å²) in [4.78, 5) is 2.37. The molecule has 90 valence electrons. The van der Waals surface area contributed by atoms with Crippen LogP contribution in [0.3, 0.4) is 0 Å². The largest absolute Gasteiger partial charge is 0.396 e. The summed E-state index contributed by atoms with van der Waals surface area (Å²) in [5.74, 6) is 2.32. The maximum Gasteiger partial charge on any atom is 0.0521 e. The number of hydrogen-bond acceptors (Lipinski definition) is 4. The smallest absolute Gasteiger partial charge is 0.0521 e. The minimum atomic E-state index is -0.241. The van der Waals surface area contributed by atoms with E-state index in [9.17, 15) is 10.2 Å². The predicted octanol–water partition coefficient (Wildman–Crippen LogP) is 0.806. The van der Waals surface area contributed by atoms with Crippen LogP contribution in [0.15, 0.2) is 0 Å². The highest BCUT2D eigenvalue weighted by molar-refractivity contribution is 7.99. The van der Waals surface area contributed by atoms with Crippen LogP contribution in [-0.2, 0) is 0 Å². The lowest BCUT2D eigenvalue weighted by molar-refractivity contribution is -0.00862. The molecule has 1 aliphatic rings. The highest BCUT2D eigenvalue weighted by Crippen LogP contribution is 2.28. The number of piperidine rings is 1. The Bertz CT molecular complexity index is 174. The summed E-state index contributed by atoms with van der Waals surface area (Å²) >= 11 is 1.95. The Hall–Kier alpha value is 0.230. The Morgan fingerprint density at radius 1 is 1.33 bits per heavy atom. The standard InChI is InChI=1S/C11H23NO2S/c1-2-15-7-6-12-5-3-4-11(8-12,9-13)10-14/h13-14H,2-10H2,1H3. The number of hydrogen-bond donors (Lipinski definition) is 2. The Balaban J connectivity index is 2.34. The van der Waals surface area contributed by atoms with Gasteiger partial charge in [0.2, 0.25) is 0 Å². The Morgan fingerprint density at radius 2 is 2.07 bits per heavy atom. The van der Waals surface area contributed by atoms with Crippen molar-refractivity contribution in [1.29, 1.82) is 0 Å². The Morgan fingerprint density at radius 3 is 2.67 bits per heavy atom. The van der Waals surface area contributed by atoms with E-state index in [2.05, 4.69) is 11.8 Å². The lowest BCUT2D eigenvalue weighted by Gasteiger charge is -2.40. The van der Waals surface area contributed by atoms with E-state index in [-0.39, 0.29) is 18.6 Å². The number of aliphatic hydroxyl groups is 2. The van der Waals surface area contributed by atoms with Gasteiger partial charge in [0.1, 0.15) is 0 Å². The molecule has 0 aromatic rings. The number of thioether (sulfide) groups is 1. The lowest BCUT2D eigenvalue weighted by Crippen LogP contribution is -2.48. The molecule has 0 amide bonds. The van der Waals surface area contributed by atoms with E-state index in [1.807, 2.05) is 11.8 Å². The molecule has 1 heterocycles. The molecular weight excluding hydrogens is 210 g/mol. The molecule has 3 nitrogen and oxygen atoms in total. The molecule has 0 spiro atoms. The third kappa shape index (κ3) is 3.94. The van der Waals surface area contributed by atoms with E-state index >= 15 is 0 Å². The van der Waals surface area contributed by atoms with Crippen molar-refractivity contribution in [1.82, 2.24) is 4.90 Å². The molecule has 1 aliphatic heterocycles. The molecule has 0 aliphatic carbocycles. The highest BCUT2D eigenvalue weighted by Gasteiger charge is 2.33. The van der Waals surface area contributed by atoms with Crippen LogP contribution in [-0.4, -0.2) is 59.5 Å². The molecule has 1 rings (SSSR count). The quantitative estimate of drug-likeness (QED) is 0.666. The van der Waals surface area contributed by atoms with Gasteiger partial charge in [-0.15, -0.1) is 0 Å². The highest BCUT2D eigenvalue weighted by atomic mass is 32.2. The number of aliphatic hydroxyl groups excluding tert-OH is 2. The van der Waals surface area contributed by atoms with Crippen molar-refractivity contribution in [3.05, 3.63) is 0 Å². The van der Waals surface area contributed by atoms with E-state index in [1.165, 1.54) is 5.75 Å². The van der Waals surface area contributed by atoms with Gasteiger partial charge in [0.25, 0.3) is 0 Å². The van der Waals surface area contributed by atoms with Crippen molar-refractivity contribution >= 4 is 11.8 Å². The topological polar surface area (TPSA) is 43.7 Å². The second kappa shape index (κ2) is 6.74. The summed E-state index contributed by atoms with van der Waals surface area (Å²) in [6, 6.07) is 0. The summed E-state index contributed by atoms with van der Waals surface area (Å²) in [7, 11) is 0. The third-order valence-electron chi connectivity index (χ3n) is 3.17. The average molecular weight is 233 g/mol. The summed E-state index contributed by atoms with van der Waals surface area (Å²) in [5, 5.41) is 18.7. The molecule has 0 atom stereocenters. The first-order valence-electron chi connectivity index (χ1n) is 5.78. The van der Waals surface area contributed by atoms with Crippen LogP contribution in [0.25, 0.3) is 0 Å². The van der Waals surface area contributed by atoms with Crippen molar-refractivity contribution in [3.8, 4) is 0 Å². The third-order valence-corrected chi connectivity index (χ3v) is 4.05. The fourth-order valence-corrected chi connectivity index (χ4v) is 2.82. The van der Waals surface area contributed by atoms with Gasteiger partial charge >= 0.3 is 0 Å². The van der Waals surface area contributed by atoms with E-state index in [1.54, 1.807) is 0 Å². The van der Waals surface area contributed by atoms with E-state index in [4.69, 9.17) is 0 Å². The lowest BCUT2D eigenvalue weighted by atomic mass is 9.81. The second-order valence-electron chi connectivity index (χ2n) is 4.39. The van der Waals surface area contributed by atoms with Gasteiger partial charge in [0.15, 0.2) is 0 Å². The molecule has 1 fully saturated rings. The van der Waals surface area contributed by atoms with Crippen molar-refractivity contribution < 1.29 is 10.2 Å². The van der Waals surface area contributed by atoms with Crippen LogP contribution in [0.1, 0.15) is 19.8 Å². The van der Waals surface area contributed by atoms with E-state index < -0.39 is 0 Å². The molecule has 15 heavy (non-hydrogen) atoms. The van der Waals surface area contributed by atoms with E-state index in [0.717, 1.165) is 38.2 Å². The van der Waals surface area contributed by atoms with E-state index in [0.29, 0.717) is 0 Å². The van der Waals surface area contributed by atoms with Crippen LogP contribution in [0.2, 0.25) is 0 Å². The van der Waals surface area contributed by atoms with Gasteiger partial charge < -0.3 is 15.1 Å². The molecule has 0 unspecified atom stereocenters. The molecule has 0 radical (unpaired) electrons. The van der Waals surface area contributed by atoms with Crippen molar-refractivity contribution in [2.75, 3.05) is 44.4 Å². The average Bonchev–Trinajstić information content (AvgIpc) is 2.30. The first kappa shape index (κ1) is 13.3. The molecule has 0 aromatic heterocycles. The van der Waals surface area contributed by atoms with Crippen LogP contribution in [0, 0.1) is 5.41 Å². The number of nitrogens with zero attached hydrogens (tertiary/aromatic N) is 1. The maximum atomic E-state index is 9.34. The van der Waals surface area contributed by atoms with Gasteiger partial charge in [-0.05, 0) is 25.1 Å². The molecule has 2 N–H and O–H groups in total. The number of rotatable bonds is 6. The Labute approximate surface area is 96.9 Å². The molecule has 0 bridgehead atoms. The second-order valence-corrected chi connectivity index (χ2v) is 5.79. The first-order chi connectivity index (χ1) is 7.26. The van der Waals surface area contributed by atoms with Crippen LogP contribution >= 0.6 is 11.8 Å². The van der Waals surface area contributed by atoms with Gasteiger partial charge in [-0.2, -0.15) is 11.8 Å². The van der Waals surface area contributed by atoms with Crippen molar-refractivity contribution in [2.24, 2.45) is 5.41 Å². The summed E-state index contributed by atoms with van der Waals surface area (Å²) in [6.07, 6.45) is 2.05. The fourth-order valence-electron chi connectivity index (χ4n) is 2.15. The minimum absolute atomic E-state index is 0.112. The fraction of sp³-hybridized carbons (Fsp3) is 1.00. The van der Waals surface area contributed by atoms with Crippen molar-refractivity contribution in [2.45, 2.75) is 19.8 Å². The van der Waals surface area contributed by atoms with Gasteiger partial charge in [-0.3, -0.25) is 0 Å². The van der Waals surface area contributed by atoms with Crippen molar-refractivity contribution in [3.63, 3.8) is 0 Å². The molecule has 1 saturated heterocycles. The molecule has 0 saturated carbocycles. The SMILES string of the molecule is CCSCCN1CCCC(CO)(CO)C1.